The maximum Gasteiger partial charge on any atom is 0.252 e. The molecule has 7 heteroatoms. The number of likely N-dealkylation sites (tertiary alicyclic amines) is 1. The van der Waals surface area contributed by atoms with Gasteiger partial charge in [-0.05, 0) is 39.3 Å². The van der Waals surface area contributed by atoms with Crippen molar-refractivity contribution in [3.63, 3.8) is 0 Å². The van der Waals surface area contributed by atoms with E-state index in [0.717, 1.165) is 19.5 Å². The quantitative estimate of drug-likeness (QED) is 0.725. The summed E-state index contributed by atoms with van der Waals surface area (Å²) in [6.07, 6.45) is 4.50. The van der Waals surface area contributed by atoms with Crippen LogP contribution in [0.15, 0.2) is 4.52 Å². The lowest BCUT2D eigenvalue weighted by molar-refractivity contribution is -0.121. The van der Waals surface area contributed by atoms with Crippen LogP contribution < -0.4 is 5.32 Å². The number of hydrogen-bond acceptors (Lipinski definition) is 6. The van der Waals surface area contributed by atoms with Gasteiger partial charge in [0.05, 0.1) is 0 Å². The van der Waals surface area contributed by atoms with Crippen molar-refractivity contribution >= 4 is 5.91 Å². The van der Waals surface area contributed by atoms with E-state index >= 15 is 0 Å². The molecule has 0 radical (unpaired) electrons. The molecule has 1 amide bonds. The molecular weight excluding hydrogens is 272 g/mol. The molecule has 2 rings (SSSR count). The molecule has 1 aliphatic heterocycles. The van der Waals surface area contributed by atoms with E-state index in [2.05, 4.69) is 27.3 Å². The molecule has 1 aromatic rings. The Morgan fingerprint density at radius 1 is 1.48 bits per heavy atom. The van der Waals surface area contributed by atoms with Crippen LogP contribution in [0.3, 0.4) is 0 Å². The van der Waals surface area contributed by atoms with E-state index in [1.165, 1.54) is 12.8 Å². The molecule has 1 aromatic heterocycles. The van der Waals surface area contributed by atoms with Crippen molar-refractivity contribution in [3.8, 4) is 0 Å². The van der Waals surface area contributed by atoms with Crippen LogP contribution in [-0.2, 0) is 17.8 Å². The fraction of sp³-hybridized carbons (Fsp3) is 0.786. The highest BCUT2D eigenvalue weighted by Gasteiger charge is 2.18. The van der Waals surface area contributed by atoms with Crippen LogP contribution in [-0.4, -0.2) is 51.7 Å². The van der Waals surface area contributed by atoms with Gasteiger partial charge in [0.15, 0.2) is 5.82 Å². The van der Waals surface area contributed by atoms with E-state index in [9.17, 15) is 4.79 Å². The first-order valence-electron chi connectivity index (χ1n) is 7.62. The number of aromatic nitrogens is 2. The monoisotopic (exact) mass is 296 g/mol. The number of nitrogens with zero attached hydrogens (tertiary/aromatic N) is 3. The lowest BCUT2D eigenvalue weighted by Gasteiger charge is -2.23. The van der Waals surface area contributed by atoms with Crippen LogP contribution in [0.5, 0.6) is 0 Å². The van der Waals surface area contributed by atoms with Crippen molar-refractivity contribution in [2.45, 2.75) is 51.7 Å². The van der Waals surface area contributed by atoms with Crippen LogP contribution in [0, 0.1) is 0 Å². The molecule has 2 N–H and O–H groups in total. The first kappa shape index (κ1) is 15.9. The number of rotatable bonds is 8. The highest BCUT2D eigenvalue weighted by Crippen LogP contribution is 2.14. The second-order valence-corrected chi connectivity index (χ2v) is 5.49. The van der Waals surface area contributed by atoms with Crippen molar-refractivity contribution < 1.29 is 14.4 Å². The molecule has 0 spiro atoms. The summed E-state index contributed by atoms with van der Waals surface area (Å²) in [5.41, 5.74) is 0. The van der Waals surface area contributed by atoms with Gasteiger partial charge in [-0.1, -0.05) is 5.16 Å². The zero-order chi connectivity index (χ0) is 15.1. The number of aliphatic hydroxyl groups is 1. The minimum atomic E-state index is -0.256. The summed E-state index contributed by atoms with van der Waals surface area (Å²) in [4.78, 5) is 18.2. The molecule has 1 saturated heterocycles. The Balaban J connectivity index is 1.58. The molecule has 1 aliphatic rings. The lowest BCUT2D eigenvalue weighted by Crippen LogP contribution is -2.32. The zero-order valence-electron chi connectivity index (χ0n) is 12.5. The Bertz CT molecular complexity index is 443. The third kappa shape index (κ3) is 5.09. The van der Waals surface area contributed by atoms with E-state index in [1.54, 1.807) is 0 Å². The maximum atomic E-state index is 11.8. The molecule has 118 valence electrons. The largest absolute Gasteiger partial charge is 0.387 e. The number of nitrogens with one attached hydrogen (secondary N) is 1. The Kier molecular flexibility index (Phi) is 6.13. The topological polar surface area (TPSA) is 91.5 Å². The number of amides is 1. The summed E-state index contributed by atoms with van der Waals surface area (Å²) in [6, 6.07) is 0.475. The fourth-order valence-corrected chi connectivity index (χ4v) is 2.56. The molecular formula is C14H24N4O3. The summed E-state index contributed by atoms with van der Waals surface area (Å²) < 4.78 is 4.78. The second kappa shape index (κ2) is 8.09. The van der Waals surface area contributed by atoms with Crippen LogP contribution in [0.4, 0.5) is 0 Å². The molecule has 0 saturated carbocycles. The molecule has 21 heavy (non-hydrogen) atoms. The highest BCUT2D eigenvalue weighted by molar-refractivity contribution is 5.75. The Morgan fingerprint density at radius 3 is 2.90 bits per heavy atom. The van der Waals surface area contributed by atoms with Crippen molar-refractivity contribution in [2.75, 3.05) is 19.6 Å². The molecule has 1 atom stereocenters. The first-order valence-corrected chi connectivity index (χ1v) is 7.62. The molecule has 2 heterocycles. The predicted molar refractivity (Wildman–Crippen MR) is 76.4 cm³/mol. The SMILES string of the molecule is CC(CCC(=O)NCCc1noc(CO)n1)N1CCCC1. The number of carbonyl (C=O) groups excluding carboxylic acids is 1. The van der Waals surface area contributed by atoms with Gasteiger partial charge in [-0.25, -0.2) is 0 Å². The van der Waals surface area contributed by atoms with Gasteiger partial charge in [0.1, 0.15) is 6.61 Å². The fourth-order valence-electron chi connectivity index (χ4n) is 2.56. The average molecular weight is 296 g/mol. The molecule has 0 aliphatic carbocycles. The first-order chi connectivity index (χ1) is 10.2. The van der Waals surface area contributed by atoms with Crippen LogP contribution in [0.25, 0.3) is 0 Å². The van der Waals surface area contributed by atoms with Gasteiger partial charge in [0.25, 0.3) is 5.89 Å². The van der Waals surface area contributed by atoms with Crippen molar-refractivity contribution in [1.29, 1.82) is 0 Å². The van der Waals surface area contributed by atoms with E-state index < -0.39 is 0 Å². The zero-order valence-corrected chi connectivity index (χ0v) is 12.5. The third-order valence-electron chi connectivity index (χ3n) is 3.87. The van der Waals surface area contributed by atoms with Crippen LogP contribution in [0.2, 0.25) is 0 Å². The number of aliphatic hydroxyl groups excluding tert-OH is 1. The highest BCUT2D eigenvalue weighted by atomic mass is 16.5. The Morgan fingerprint density at radius 2 is 2.24 bits per heavy atom. The average Bonchev–Trinajstić information content (AvgIpc) is 3.16. The van der Waals surface area contributed by atoms with E-state index in [1.807, 2.05) is 0 Å². The molecule has 0 bridgehead atoms. The van der Waals surface area contributed by atoms with E-state index in [4.69, 9.17) is 9.63 Å². The lowest BCUT2D eigenvalue weighted by atomic mass is 10.1. The minimum Gasteiger partial charge on any atom is -0.387 e. The van der Waals surface area contributed by atoms with Crippen LogP contribution >= 0.6 is 0 Å². The van der Waals surface area contributed by atoms with Gasteiger partial charge in [0, 0.05) is 25.4 Å². The van der Waals surface area contributed by atoms with Crippen molar-refractivity contribution in [3.05, 3.63) is 11.7 Å². The van der Waals surface area contributed by atoms with E-state index in [0.29, 0.717) is 31.3 Å². The minimum absolute atomic E-state index is 0.0620. The summed E-state index contributed by atoms with van der Waals surface area (Å²) in [5.74, 6) is 0.771. The smallest absolute Gasteiger partial charge is 0.252 e. The molecule has 0 aromatic carbocycles. The van der Waals surface area contributed by atoms with Gasteiger partial charge < -0.3 is 19.8 Å². The number of carbonyl (C=O) groups is 1. The summed E-state index contributed by atoms with van der Waals surface area (Å²) in [7, 11) is 0. The molecule has 1 unspecified atom stereocenters. The maximum absolute atomic E-state index is 11.8. The molecule has 7 nitrogen and oxygen atoms in total. The van der Waals surface area contributed by atoms with Gasteiger partial charge in [0.2, 0.25) is 5.91 Å². The Labute approximate surface area is 124 Å². The normalized spacial score (nSPS) is 17.0. The van der Waals surface area contributed by atoms with Crippen molar-refractivity contribution in [1.82, 2.24) is 20.4 Å². The predicted octanol–water partition coefficient (Wildman–Crippen LogP) is 0.485. The van der Waals surface area contributed by atoms with Crippen LogP contribution in [0.1, 0.15) is 44.3 Å². The molecule has 1 fully saturated rings. The summed E-state index contributed by atoms with van der Waals surface area (Å²) in [5, 5.41) is 15.4. The second-order valence-electron chi connectivity index (χ2n) is 5.49. The van der Waals surface area contributed by atoms with Gasteiger partial charge in [-0.15, -0.1) is 0 Å². The summed E-state index contributed by atoms with van der Waals surface area (Å²) in [6.45, 7) is 4.74. The third-order valence-corrected chi connectivity index (χ3v) is 3.87. The van der Waals surface area contributed by atoms with Crippen molar-refractivity contribution in [2.24, 2.45) is 0 Å². The van der Waals surface area contributed by atoms with Gasteiger partial charge in [-0.2, -0.15) is 4.98 Å². The number of hydrogen-bond donors (Lipinski definition) is 2. The standard InChI is InChI=1S/C14H24N4O3/c1-11(18-8-2-3-9-18)4-5-13(20)15-7-6-12-16-14(10-19)21-17-12/h11,19H,2-10H2,1H3,(H,15,20). The van der Waals surface area contributed by atoms with E-state index in [-0.39, 0.29) is 18.4 Å². The van der Waals surface area contributed by atoms with Gasteiger partial charge >= 0.3 is 0 Å². The Hall–Kier alpha value is -1.47. The van der Waals surface area contributed by atoms with Gasteiger partial charge in [-0.3, -0.25) is 4.79 Å². The summed E-state index contributed by atoms with van der Waals surface area (Å²) >= 11 is 0.